The lowest BCUT2D eigenvalue weighted by Gasteiger charge is -2.43. The summed E-state index contributed by atoms with van der Waals surface area (Å²) >= 11 is 5.96. The maximum absolute atomic E-state index is 13.5. The molecule has 1 N–H and O–H groups in total. The number of halogens is 2. The highest BCUT2D eigenvalue weighted by atomic mass is 35.5. The van der Waals surface area contributed by atoms with Gasteiger partial charge in [0.05, 0.1) is 18.8 Å². The number of ether oxygens (including phenoxy) is 1. The molecule has 2 aromatic carbocycles. The van der Waals surface area contributed by atoms with Crippen LogP contribution in [-0.4, -0.2) is 43.2 Å². The Kier molecular flexibility index (Phi) is 5.28. The average molecular weight is 375 g/mol. The first-order chi connectivity index (χ1) is 12.6. The van der Waals surface area contributed by atoms with E-state index in [0.29, 0.717) is 18.2 Å². The van der Waals surface area contributed by atoms with Crippen molar-refractivity contribution in [3.63, 3.8) is 0 Å². The van der Waals surface area contributed by atoms with Crippen LogP contribution in [0.3, 0.4) is 0 Å². The van der Waals surface area contributed by atoms with Crippen LogP contribution in [0.1, 0.15) is 16.7 Å². The van der Waals surface area contributed by atoms with Gasteiger partial charge in [0.15, 0.2) is 0 Å². The highest BCUT2D eigenvalue weighted by molar-refractivity contribution is 6.30. The highest BCUT2D eigenvalue weighted by Crippen LogP contribution is 2.35. The first-order valence-electron chi connectivity index (χ1n) is 9.20. The molecule has 5 heteroatoms. The van der Waals surface area contributed by atoms with E-state index in [1.807, 2.05) is 0 Å². The normalized spacial score (nSPS) is 19.5. The van der Waals surface area contributed by atoms with E-state index in [4.69, 9.17) is 16.3 Å². The molecule has 0 aromatic heterocycles. The summed E-state index contributed by atoms with van der Waals surface area (Å²) in [6, 6.07) is 13.3. The maximum atomic E-state index is 13.5. The Bertz CT molecular complexity index is 731. The van der Waals surface area contributed by atoms with Gasteiger partial charge >= 0.3 is 0 Å². The second kappa shape index (κ2) is 7.65. The second-order valence-electron chi connectivity index (χ2n) is 7.35. The lowest BCUT2D eigenvalue weighted by atomic mass is 9.93. The molecule has 0 unspecified atom stereocenters. The minimum atomic E-state index is -0.318. The van der Waals surface area contributed by atoms with Gasteiger partial charge in [-0.2, -0.15) is 0 Å². The minimum Gasteiger partial charge on any atom is -0.375 e. The van der Waals surface area contributed by atoms with Crippen LogP contribution in [0.5, 0.6) is 0 Å². The summed E-state index contributed by atoms with van der Waals surface area (Å²) in [5, 5.41) is 3.84. The molecule has 138 valence electrons. The minimum absolute atomic E-state index is 0.0110. The van der Waals surface area contributed by atoms with Crippen molar-refractivity contribution < 1.29 is 9.13 Å². The molecular formula is C21H24ClFN2O. The molecule has 1 heterocycles. The molecule has 2 aliphatic rings. The van der Waals surface area contributed by atoms with E-state index in [9.17, 15) is 4.39 Å². The van der Waals surface area contributed by atoms with Crippen molar-refractivity contribution in [1.82, 2.24) is 10.2 Å². The lowest BCUT2D eigenvalue weighted by Crippen LogP contribution is -2.59. The fraction of sp³-hybridized carbons (Fsp3) is 0.429. The van der Waals surface area contributed by atoms with Gasteiger partial charge < -0.3 is 10.1 Å². The molecule has 4 rings (SSSR count). The Labute approximate surface area is 159 Å². The van der Waals surface area contributed by atoms with Crippen LogP contribution in [0.15, 0.2) is 42.5 Å². The molecule has 1 fully saturated rings. The molecule has 0 radical (unpaired) electrons. The van der Waals surface area contributed by atoms with Crippen molar-refractivity contribution >= 4 is 11.6 Å². The molecule has 0 spiro atoms. The fourth-order valence-electron chi connectivity index (χ4n) is 4.28. The lowest BCUT2D eigenvalue weighted by molar-refractivity contribution is -0.0159. The topological polar surface area (TPSA) is 24.5 Å². The predicted molar refractivity (Wildman–Crippen MR) is 102 cm³/mol. The van der Waals surface area contributed by atoms with Gasteiger partial charge in [-0.1, -0.05) is 35.9 Å². The van der Waals surface area contributed by atoms with Crippen LogP contribution in [0.25, 0.3) is 0 Å². The van der Waals surface area contributed by atoms with Crippen molar-refractivity contribution in [2.24, 2.45) is 0 Å². The molecule has 2 aromatic rings. The molecule has 0 amide bonds. The number of rotatable bonds is 5. The summed E-state index contributed by atoms with van der Waals surface area (Å²) in [6.45, 7) is 5.10. The molecule has 1 aliphatic carbocycles. The van der Waals surface area contributed by atoms with Crippen LogP contribution in [0, 0.1) is 5.82 Å². The summed E-state index contributed by atoms with van der Waals surface area (Å²) in [5.41, 5.74) is 3.61. The van der Waals surface area contributed by atoms with Crippen LogP contribution < -0.4 is 5.32 Å². The van der Waals surface area contributed by atoms with E-state index in [1.165, 1.54) is 23.3 Å². The Morgan fingerprint density at radius 1 is 1.08 bits per heavy atom. The molecule has 1 aliphatic heterocycles. The SMILES string of the molecule is Fc1cc(Cl)cc(COCC2(N3CCNCC3)Cc3ccccc3C2)c1. The van der Waals surface area contributed by atoms with Gasteiger partial charge in [-0.3, -0.25) is 4.90 Å². The summed E-state index contributed by atoms with van der Waals surface area (Å²) < 4.78 is 19.7. The van der Waals surface area contributed by atoms with Gasteiger partial charge in [0.25, 0.3) is 0 Å². The van der Waals surface area contributed by atoms with Gasteiger partial charge in [0.2, 0.25) is 0 Å². The Morgan fingerprint density at radius 3 is 2.42 bits per heavy atom. The average Bonchev–Trinajstić information content (AvgIpc) is 3.01. The molecule has 3 nitrogen and oxygen atoms in total. The van der Waals surface area contributed by atoms with Crippen LogP contribution in [0.2, 0.25) is 5.02 Å². The zero-order chi connectivity index (χ0) is 18.0. The molecule has 0 atom stereocenters. The number of hydrogen-bond acceptors (Lipinski definition) is 3. The quantitative estimate of drug-likeness (QED) is 0.867. The summed E-state index contributed by atoms with van der Waals surface area (Å²) in [5.74, 6) is -0.318. The third kappa shape index (κ3) is 3.79. The molecule has 0 bridgehead atoms. The zero-order valence-electron chi connectivity index (χ0n) is 14.8. The maximum Gasteiger partial charge on any atom is 0.125 e. The van der Waals surface area contributed by atoms with Gasteiger partial charge in [-0.15, -0.1) is 0 Å². The van der Waals surface area contributed by atoms with E-state index in [0.717, 1.165) is 44.6 Å². The molecular weight excluding hydrogens is 351 g/mol. The summed E-state index contributed by atoms with van der Waals surface area (Å²) in [7, 11) is 0. The number of nitrogens with one attached hydrogen (secondary N) is 1. The van der Waals surface area contributed by atoms with Crippen LogP contribution >= 0.6 is 11.6 Å². The largest absolute Gasteiger partial charge is 0.375 e. The van der Waals surface area contributed by atoms with Gasteiger partial charge in [-0.05, 0) is 47.7 Å². The van der Waals surface area contributed by atoms with E-state index in [-0.39, 0.29) is 11.4 Å². The smallest absolute Gasteiger partial charge is 0.125 e. The van der Waals surface area contributed by atoms with Crippen molar-refractivity contribution in [3.05, 3.63) is 70.0 Å². The Balaban J connectivity index is 1.49. The standard InChI is InChI=1S/C21H24ClFN2O/c22-19-9-16(10-20(23)11-19)14-26-15-21(25-7-5-24-6-8-25)12-17-3-1-2-4-18(17)13-21/h1-4,9-11,24H,5-8,12-15H2. The first-order valence-corrected chi connectivity index (χ1v) is 9.58. The van der Waals surface area contributed by atoms with Gasteiger partial charge in [0.1, 0.15) is 5.82 Å². The van der Waals surface area contributed by atoms with E-state index < -0.39 is 0 Å². The molecule has 26 heavy (non-hydrogen) atoms. The van der Waals surface area contributed by atoms with E-state index in [1.54, 1.807) is 6.07 Å². The van der Waals surface area contributed by atoms with Gasteiger partial charge in [0, 0.05) is 31.2 Å². The van der Waals surface area contributed by atoms with Gasteiger partial charge in [-0.25, -0.2) is 4.39 Å². The number of fused-ring (bicyclic) bond motifs is 1. The van der Waals surface area contributed by atoms with Crippen molar-refractivity contribution in [2.75, 3.05) is 32.8 Å². The van der Waals surface area contributed by atoms with Crippen LogP contribution in [0.4, 0.5) is 4.39 Å². The monoisotopic (exact) mass is 374 g/mol. The number of hydrogen-bond donors (Lipinski definition) is 1. The third-order valence-corrected chi connectivity index (χ3v) is 5.73. The number of benzene rings is 2. The Morgan fingerprint density at radius 2 is 1.77 bits per heavy atom. The van der Waals surface area contributed by atoms with Crippen molar-refractivity contribution in [1.29, 1.82) is 0 Å². The number of piperazine rings is 1. The van der Waals surface area contributed by atoms with E-state index >= 15 is 0 Å². The predicted octanol–water partition coefficient (Wildman–Crippen LogP) is 3.44. The third-order valence-electron chi connectivity index (χ3n) is 5.51. The second-order valence-corrected chi connectivity index (χ2v) is 7.79. The van der Waals surface area contributed by atoms with Crippen molar-refractivity contribution in [2.45, 2.75) is 25.0 Å². The summed E-state index contributed by atoms with van der Waals surface area (Å²) in [6.07, 6.45) is 2.01. The molecule has 1 saturated heterocycles. The fourth-order valence-corrected chi connectivity index (χ4v) is 4.53. The number of nitrogens with zero attached hydrogens (tertiary/aromatic N) is 1. The zero-order valence-corrected chi connectivity index (χ0v) is 15.6. The van der Waals surface area contributed by atoms with Crippen molar-refractivity contribution in [3.8, 4) is 0 Å². The van der Waals surface area contributed by atoms with Crippen LogP contribution in [-0.2, 0) is 24.2 Å². The highest BCUT2D eigenvalue weighted by Gasteiger charge is 2.42. The summed E-state index contributed by atoms with van der Waals surface area (Å²) in [4.78, 5) is 2.57. The Hall–Kier alpha value is -1.46. The molecule has 0 saturated carbocycles. The van der Waals surface area contributed by atoms with E-state index in [2.05, 4.69) is 34.5 Å². The first kappa shape index (κ1) is 17.9.